The molecular weight excluding hydrogens is 256 g/mol. The highest BCUT2D eigenvalue weighted by molar-refractivity contribution is 5.98. The highest BCUT2D eigenvalue weighted by Gasteiger charge is 2.11. The van der Waals surface area contributed by atoms with Gasteiger partial charge in [0.2, 0.25) is 0 Å². The van der Waals surface area contributed by atoms with E-state index < -0.39 is 0 Å². The number of rotatable bonds is 7. The molecule has 0 heterocycles. The number of allylic oxidation sites excluding steroid dienone is 1. The molecule has 0 fully saturated rings. The zero-order chi connectivity index (χ0) is 14.4. The standard InChI is InChI=1S/C16H20O4/c1-18-16(19-2)4-3-9-20-15-8-6-12-5-7-14(17)10-13(12)11-15/h5-8,11,16H,3-4,9-10H2,1-2H3. The first kappa shape index (κ1) is 14.8. The van der Waals surface area contributed by atoms with Crippen molar-refractivity contribution in [1.82, 2.24) is 0 Å². The Morgan fingerprint density at radius 3 is 2.75 bits per heavy atom. The first-order valence-electron chi connectivity index (χ1n) is 6.75. The maximum atomic E-state index is 11.4. The van der Waals surface area contributed by atoms with E-state index in [4.69, 9.17) is 14.2 Å². The number of carbonyl (C=O) groups is 1. The molecule has 1 aromatic rings. The normalized spacial score (nSPS) is 13.7. The minimum Gasteiger partial charge on any atom is -0.494 e. The quantitative estimate of drug-likeness (QED) is 0.567. The minimum atomic E-state index is -0.176. The number of fused-ring (bicyclic) bond motifs is 1. The van der Waals surface area contributed by atoms with Crippen molar-refractivity contribution in [1.29, 1.82) is 0 Å². The van der Waals surface area contributed by atoms with Crippen molar-refractivity contribution in [3.63, 3.8) is 0 Å². The SMILES string of the molecule is COC(CCCOc1ccc2c(c1)CC(=O)C=C2)OC. The van der Waals surface area contributed by atoms with E-state index >= 15 is 0 Å². The first-order chi connectivity index (χ1) is 9.72. The van der Waals surface area contributed by atoms with Crippen LogP contribution in [0.15, 0.2) is 24.3 Å². The summed E-state index contributed by atoms with van der Waals surface area (Å²) in [6.45, 7) is 0.603. The van der Waals surface area contributed by atoms with E-state index in [2.05, 4.69) is 0 Å². The van der Waals surface area contributed by atoms with Crippen molar-refractivity contribution in [3.8, 4) is 5.75 Å². The van der Waals surface area contributed by atoms with Crippen molar-refractivity contribution in [2.24, 2.45) is 0 Å². The van der Waals surface area contributed by atoms with Gasteiger partial charge >= 0.3 is 0 Å². The summed E-state index contributed by atoms with van der Waals surface area (Å²) in [5, 5.41) is 0. The Kier molecular flexibility index (Phi) is 5.32. The van der Waals surface area contributed by atoms with Crippen LogP contribution in [-0.4, -0.2) is 32.9 Å². The van der Waals surface area contributed by atoms with Gasteiger partial charge in [0.1, 0.15) is 5.75 Å². The lowest BCUT2D eigenvalue weighted by Gasteiger charge is -2.14. The third-order valence-electron chi connectivity index (χ3n) is 3.31. The lowest BCUT2D eigenvalue weighted by atomic mass is 9.96. The van der Waals surface area contributed by atoms with Gasteiger partial charge in [-0.2, -0.15) is 0 Å². The third-order valence-corrected chi connectivity index (χ3v) is 3.31. The molecule has 4 heteroatoms. The van der Waals surface area contributed by atoms with Crippen molar-refractivity contribution in [2.45, 2.75) is 25.6 Å². The topological polar surface area (TPSA) is 44.8 Å². The molecule has 1 aromatic carbocycles. The molecule has 0 aliphatic heterocycles. The van der Waals surface area contributed by atoms with Crippen LogP contribution in [0.4, 0.5) is 0 Å². The predicted molar refractivity (Wildman–Crippen MR) is 76.7 cm³/mol. The second kappa shape index (κ2) is 7.22. The van der Waals surface area contributed by atoms with Gasteiger partial charge in [0.25, 0.3) is 0 Å². The van der Waals surface area contributed by atoms with Gasteiger partial charge in [-0.1, -0.05) is 12.1 Å². The zero-order valence-corrected chi connectivity index (χ0v) is 11.9. The molecular formula is C16H20O4. The molecule has 20 heavy (non-hydrogen) atoms. The van der Waals surface area contributed by atoms with Gasteiger partial charge < -0.3 is 14.2 Å². The van der Waals surface area contributed by atoms with Crippen LogP contribution < -0.4 is 4.74 Å². The Morgan fingerprint density at radius 1 is 1.20 bits per heavy atom. The summed E-state index contributed by atoms with van der Waals surface area (Å²) in [5.74, 6) is 0.941. The van der Waals surface area contributed by atoms with Gasteiger partial charge in [0.15, 0.2) is 12.1 Å². The lowest BCUT2D eigenvalue weighted by Crippen LogP contribution is -2.14. The summed E-state index contributed by atoms with van der Waals surface area (Å²) in [6, 6.07) is 5.87. The maximum absolute atomic E-state index is 11.4. The van der Waals surface area contributed by atoms with Gasteiger partial charge in [0, 0.05) is 27.1 Å². The fraction of sp³-hybridized carbons (Fsp3) is 0.438. The summed E-state index contributed by atoms with van der Waals surface area (Å²) >= 11 is 0. The van der Waals surface area contributed by atoms with E-state index in [-0.39, 0.29) is 12.1 Å². The summed E-state index contributed by atoms with van der Waals surface area (Å²) in [7, 11) is 3.26. The van der Waals surface area contributed by atoms with E-state index in [9.17, 15) is 4.79 Å². The highest BCUT2D eigenvalue weighted by Crippen LogP contribution is 2.23. The molecule has 0 radical (unpaired) electrons. The van der Waals surface area contributed by atoms with Crippen LogP contribution in [0.1, 0.15) is 24.0 Å². The average Bonchev–Trinajstić information content (AvgIpc) is 2.47. The molecule has 0 bridgehead atoms. The third kappa shape index (κ3) is 3.92. The number of carbonyl (C=O) groups excluding carboxylic acids is 1. The Labute approximate surface area is 119 Å². The number of hydrogen-bond acceptors (Lipinski definition) is 4. The molecule has 0 unspecified atom stereocenters. The summed E-state index contributed by atoms with van der Waals surface area (Å²) < 4.78 is 15.9. The van der Waals surface area contributed by atoms with Crippen LogP contribution in [0.25, 0.3) is 6.08 Å². The predicted octanol–water partition coefficient (Wildman–Crippen LogP) is 2.60. The van der Waals surface area contributed by atoms with Crippen LogP contribution in [0.2, 0.25) is 0 Å². The molecule has 0 aromatic heterocycles. The molecule has 1 aliphatic carbocycles. The molecule has 0 saturated heterocycles. The van der Waals surface area contributed by atoms with Crippen LogP contribution in [0, 0.1) is 0 Å². The smallest absolute Gasteiger partial charge is 0.160 e. The summed E-state index contributed by atoms with van der Waals surface area (Å²) in [6.07, 6.45) is 5.40. The van der Waals surface area contributed by atoms with Crippen LogP contribution in [0.5, 0.6) is 5.75 Å². The monoisotopic (exact) mass is 276 g/mol. The molecule has 0 N–H and O–H groups in total. The molecule has 0 atom stereocenters. The van der Waals surface area contributed by atoms with Gasteiger partial charge in [-0.3, -0.25) is 4.79 Å². The zero-order valence-electron chi connectivity index (χ0n) is 11.9. The summed E-state index contributed by atoms with van der Waals surface area (Å²) in [5.41, 5.74) is 2.12. The lowest BCUT2D eigenvalue weighted by molar-refractivity contribution is -0.114. The Hall–Kier alpha value is -1.65. The van der Waals surface area contributed by atoms with E-state index in [0.717, 1.165) is 29.7 Å². The second-order valence-electron chi connectivity index (χ2n) is 4.73. The molecule has 2 rings (SSSR count). The Morgan fingerprint density at radius 2 is 2.00 bits per heavy atom. The van der Waals surface area contributed by atoms with Crippen LogP contribution in [0.3, 0.4) is 0 Å². The van der Waals surface area contributed by atoms with E-state index in [1.165, 1.54) is 0 Å². The number of benzene rings is 1. The molecule has 0 saturated carbocycles. The molecule has 0 spiro atoms. The van der Waals surface area contributed by atoms with Gasteiger partial charge in [-0.05, 0) is 35.8 Å². The molecule has 4 nitrogen and oxygen atoms in total. The Balaban J connectivity index is 1.84. The van der Waals surface area contributed by atoms with E-state index in [1.54, 1.807) is 20.3 Å². The second-order valence-corrected chi connectivity index (χ2v) is 4.73. The van der Waals surface area contributed by atoms with Crippen LogP contribution >= 0.6 is 0 Å². The highest BCUT2D eigenvalue weighted by atomic mass is 16.7. The van der Waals surface area contributed by atoms with Gasteiger partial charge in [-0.15, -0.1) is 0 Å². The number of hydrogen-bond donors (Lipinski definition) is 0. The number of methoxy groups -OCH3 is 2. The number of ether oxygens (including phenoxy) is 3. The van der Waals surface area contributed by atoms with Gasteiger partial charge in [0.05, 0.1) is 6.61 Å². The molecule has 108 valence electrons. The van der Waals surface area contributed by atoms with Gasteiger partial charge in [-0.25, -0.2) is 0 Å². The van der Waals surface area contributed by atoms with Crippen molar-refractivity contribution in [3.05, 3.63) is 35.4 Å². The number of ketones is 1. The molecule has 1 aliphatic rings. The average molecular weight is 276 g/mol. The molecule has 0 amide bonds. The van der Waals surface area contributed by atoms with Crippen molar-refractivity contribution < 1.29 is 19.0 Å². The Bertz CT molecular complexity index is 489. The fourth-order valence-corrected chi connectivity index (χ4v) is 2.19. The largest absolute Gasteiger partial charge is 0.494 e. The summed E-state index contributed by atoms with van der Waals surface area (Å²) in [4.78, 5) is 11.4. The van der Waals surface area contributed by atoms with E-state index in [1.807, 2.05) is 24.3 Å². The van der Waals surface area contributed by atoms with Crippen molar-refractivity contribution in [2.75, 3.05) is 20.8 Å². The maximum Gasteiger partial charge on any atom is 0.160 e. The van der Waals surface area contributed by atoms with E-state index in [0.29, 0.717) is 13.0 Å². The first-order valence-corrected chi connectivity index (χ1v) is 6.75. The van der Waals surface area contributed by atoms with Crippen LogP contribution in [-0.2, 0) is 20.7 Å². The fourth-order valence-electron chi connectivity index (χ4n) is 2.19. The minimum absolute atomic E-state index is 0.137. The van der Waals surface area contributed by atoms with Crippen molar-refractivity contribution >= 4 is 11.9 Å².